The molecule has 2 heterocycles. The summed E-state index contributed by atoms with van der Waals surface area (Å²) in [5.74, 6) is 1.62. The Labute approximate surface area is 273 Å². The molecule has 0 aliphatic carbocycles. The highest BCUT2D eigenvalue weighted by Gasteiger charge is 2.22. The average Bonchev–Trinajstić information content (AvgIpc) is 3.47. The fourth-order valence-corrected chi connectivity index (χ4v) is 6.71. The zero-order valence-electron chi connectivity index (χ0n) is 25.6. The van der Waals surface area contributed by atoms with Crippen molar-refractivity contribution in [3.8, 4) is 16.8 Å². The molecule has 7 aromatic carbocycles. The number of aliphatic imine (C=N–C) groups is 2. The molecule has 222 valence electrons. The van der Waals surface area contributed by atoms with Crippen LogP contribution in [0.5, 0.6) is 0 Å². The summed E-state index contributed by atoms with van der Waals surface area (Å²) in [6.45, 7) is 0. The van der Waals surface area contributed by atoms with E-state index in [2.05, 4.69) is 155 Å². The second-order valence-electron chi connectivity index (χ2n) is 11.9. The molecule has 0 amide bonds. The van der Waals surface area contributed by atoms with Gasteiger partial charge in [0.1, 0.15) is 11.7 Å². The maximum Gasteiger partial charge on any atom is 0.169 e. The van der Waals surface area contributed by atoms with E-state index in [0.29, 0.717) is 0 Å². The van der Waals surface area contributed by atoms with Gasteiger partial charge in [0.2, 0.25) is 0 Å². The van der Waals surface area contributed by atoms with Gasteiger partial charge in [0.15, 0.2) is 6.17 Å². The Hall–Kier alpha value is -6.26. The molecule has 0 bridgehead atoms. The van der Waals surface area contributed by atoms with E-state index < -0.39 is 6.17 Å². The van der Waals surface area contributed by atoms with Crippen molar-refractivity contribution in [2.45, 2.75) is 6.17 Å². The van der Waals surface area contributed by atoms with Crippen molar-refractivity contribution < 1.29 is 0 Å². The smallest absolute Gasteiger partial charge is 0.169 e. The molecule has 8 aromatic rings. The number of para-hydroxylation sites is 2. The summed E-state index contributed by atoms with van der Waals surface area (Å²) >= 11 is 0. The van der Waals surface area contributed by atoms with Gasteiger partial charge in [0.25, 0.3) is 0 Å². The lowest BCUT2D eigenvalue weighted by molar-refractivity contribution is 0.757. The van der Waals surface area contributed by atoms with E-state index in [-0.39, 0.29) is 0 Å². The van der Waals surface area contributed by atoms with E-state index in [0.717, 1.165) is 39.6 Å². The van der Waals surface area contributed by atoms with Crippen LogP contribution in [0.15, 0.2) is 180 Å². The summed E-state index contributed by atoms with van der Waals surface area (Å²) in [6, 6.07) is 59.8. The standard InChI is InChI=1S/C43H30N4/c1-4-13-29(14-5-1)31-17-12-18-33(25-31)42-44-41(30-15-6-2-7-16-30)45-43(46-42)34-24-23-32-28-40-38(27-35(32)26-34)37-21-10-11-22-39(37)47(40)36-19-8-3-9-20-36/h1-28,43H,(H,44,45,46). The average molecular weight is 603 g/mol. The van der Waals surface area contributed by atoms with Crippen LogP contribution in [0.4, 0.5) is 0 Å². The summed E-state index contributed by atoms with van der Waals surface area (Å²) in [5, 5.41) is 8.38. The number of nitrogens with zero attached hydrogens (tertiary/aromatic N) is 3. The Bertz CT molecular complexity index is 2480. The van der Waals surface area contributed by atoms with Crippen molar-refractivity contribution in [2.24, 2.45) is 9.98 Å². The van der Waals surface area contributed by atoms with Gasteiger partial charge in [-0.25, -0.2) is 9.98 Å². The molecule has 1 atom stereocenters. The molecule has 1 aliphatic rings. The van der Waals surface area contributed by atoms with Gasteiger partial charge >= 0.3 is 0 Å². The maximum atomic E-state index is 5.21. The predicted molar refractivity (Wildman–Crippen MR) is 196 cm³/mol. The van der Waals surface area contributed by atoms with Crippen LogP contribution in [0.3, 0.4) is 0 Å². The Morgan fingerprint density at radius 1 is 0.426 bits per heavy atom. The predicted octanol–water partition coefficient (Wildman–Crippen LogP) is 10.1. The van der Waals surface area contributed by atoms with Crippen molar-refractivity contribution in [1.82, 2.24) is 9.88 Å². The van der Waals surface area contributed by atoms with Crippen LogP contribution < -0.4 is 5.32 Å². The van der Waals surface area contributed by atoms with Gasteiger partial charge in [-0.15, -0.1) is 0 Å². The zero-order chi connectivity index (χ0) is 31.2. The Morgan fingerprint density at radius 3 is 1.85 bits per heavy atom. The van der Waals surface area contributed by atoms with E-state index in [1.807, 2.05) is 24.3 Å². The van der Waals surface area contributed by atoms with Gasteiger partial charge in [-0.3, -0.25) is 0 Å². The molecule has 47 heavy (non-hydrogen) atoms. The normalized spacial score (nSPS) is 14.6. The molecule has 1 aliphatic heterocycles. The lowest BCUT2D eigenvalue weighted by atomic mass is 10.0. The fourth-order valence-electron chi connectivity index (χ4n) is 6.71. The quantitative estimate of drug-likeness (QED) is 0.209. The molecule has 0 saturated carbocycles. The van der Waals surface area contributed by atoms with Crippen molar-refractivity contribution in [3.05, 3.63) is 187 Å². The first kappa shape index (κ1) is 27.1. The van der Waals surface area contributed by atoms with Crippen LogP contribution in [0.2, 0.25) is 0 Å². The molecular formula is C43H30N4. The third-order valence-corrected chi connectivity index (χ3v) is 9.00. The minimum atomic E-state index is -0.396. The Morgan fingerprint density at radius 2 is 1.06 bits per heavy atom. The minimum Gasteiger partial charge on any atom is -0.324 e. The Kier molecular flexibility index (Phi) is 6.50. The van der Waals surface area contributed by atoms with E-state index in [4.69, 9.17) is 9.98 Å². The molecule has 0 spiro atoms. The van der Waals surface area contributed by atoms with Gasteiger partial charge < -0.3 is 9.88 Å². The molecule has 1 aromatic heterocycles. The van der Waals surface area contributed by atoms with Crippen molar-refractivity contribution in [2.75, 3.05) is 0 Å². The first-order chi connectivity index (χ1) is 23.3. The molecule has 4 heteroatoms. The number of amidine groups is 2. The second kappa shape index (κ2) is 11.3. The summed E-state index contributed by atoms with van der Waals surface area (Å²) in [5.41, 5.74) is 8.98. The number of nitrogens with one attached hydrogen (secondary N) is 1. The monoisotopic (exact) mass is 602 g/mol. The number of fused-ring (bicyclic) bond motifs is 4. The van der Waals surface area contributed by atoms with Crippen molar-refractivity contribution in [3.63, 3.8) is 0 Å². The van der Waals surface area contributed by atoms with E-state index in [1.54, 1.807) is 0 Å². The third kappa shape index (κ3) is 4.88. The number of hydrogen-bond acceptors (Lipinski definition) is 3. The van der Waals surface area contributed by atoms with Crippen LogP contribution in [0.1, 0.15) is 22.9 Å². The zero-order valence-corrected chi connectivity index (χ0v) is 25.6. The number of hydrogen-bond donors (Lipinski definition) is 1. The van der Waals surface area contributed by atoms with E-state index >= 15 is 0 Å². The van der Waals surface area contributed by atoms with Crippen LogP contribution >= 0.6 is 0 Å². The van der Waals surface area contributed by atoms with E-state index in [1.165, 1.54) is 38.1 Å². The van der Waals surface area contributed by atoms with Gasteiger partial charge in [-0.1, -0.05) is 127 Å². The van der Waals surface area contributed by atoms with Gasteiger partial charge in [0.05, 0.1) is 11.0 Å². The number of rotatable bonds is 5. The molecule has 0 radical (unpaired) electrons. The molecule has 0 saturated heterocycles. The highest BCUT2D eigenvalue weighted by atomic mass is 15.2. The van der Waals surface area contributed by atoms with Crippen LogP contribution in [0, 0.1) is 0 Å². The van der Waals surface area contributed by atoms with Crippen molar-refractivity contribution in [1.29, 1.82) is 0 Å². The molecule has 9 rings (SSSR count). The summed E-state index contributed by atoms with van der Waals surface area (Å²) in [6.07, 6.45) is -0.396. The molecule has 1 N–H and O–H groups in total. The number of benzene rings is 7. The highest BCUT2D eigenvalue weighted by molar-refractivity contribution is 6.16. The molecule has 4 nitrogen and oxygen atoms in total. The lowest BCUT2D eigenvalue weighted by Gasteiger charge is -2.23. The van der Waals surface area contributed by atoms with Crippen LogP contribution in [0.25, 0.3) is 49.4 Å². The van der Waals surface area contributed by atoms with E-state index in [9.17, 15) is 0 Å². The molecule has 0 fully saturated rings. The second-order valence-corrected chi connectivity index (χ2v) is 11.9. The van der Waals surface area contributed by atoms with Gasteiger partial charge in [-0.05, 0) is 69.9 Å². The molecule has 1 unspecified atom stereocenters. The minimum absolute atomic E-state index is 0.396. The van der Waals surface area contributed by atoms with Crippen LogP contribution in [-0.4, -0.2) is 16.2 Å². The molecular weight excluding hydrogens is 573 g/mol. The largest absolute Gasteiger partial charge is 0.324 e. The van der Waals surface area contributed by atoms with Crippen LogP contribution in [-0.2, 0) is 0 Å². The topological polar surface area (TPSA) is 41.7 Å². The lowest BCUT2D eigenvalue weighted by Crippen LogP contribution is -2.36. The SMILES string of the molecule is c1ccc(C2=NC(c3ccc4cc5c(cc4c3)c3ccccc3n5-c3ccccc3)N=C(c3cccc(-c4ccccc4)c3)N2)cc1. The summed E-state index contributed by atoms with van der Waals surface area (Å²) < 4.78 is 2.36. The maximum absolute atomic E-state index is 5.21. The highest BCUT2D eigenvalue weighted by Crippen LogP contribution is 2.36. The Balaban J connectivity index is 1.18. The fraction of sp³-hybridized carbons (Fsp3) is 0.0233. The number of aromatic nitrogens is 1. The third-order valence-electron chi connectivity index (χ3n) is 9.00. The first-order valence-corrected chi connectivity index (χ1v) is 15.9. The van der Waals surface area contributed by atoms with Crippen molar-refractivity contribution >= 4 is 44.2 Å². The first-order valence-electron chi connectivity index (χ1n) is 15.9. The van der Waals surface area contributed by atoms with Gasteiger partial charge in [0, 0.05) is 27.6 Å². The summed E-state index contributed by atoms with van der Waals surface area (Å²) in [4.78, 5) is 10.4. The van der Waals surface area contributed by atoms with Gasteiger partial charge in [-0.2, -0.15) is 0 Å². The summed E-state index contributed by atoms with van der Waals surface area (Å²) in [7, 11) is 0.